The van der Waals surface area contributed by atoms with Crippen LogP contribution in [0.4, 0.5) is 13.2 Å². The van der Waals surface area contributed by atoms with Crippen molar-refractivity contribution in [2.24, 2.45) is 0 Å². The summed E-state index contributed by atoms with van der Waals surface area (Å²) in [5, 5.41) is 4.89. The first-order valence-electron chi connectivity index (χ1n) is 5.91. The Bertz CT molecular complexity index is 287. The second-order valence-corrected chi connectivity index (χ2v) is 5.95. The Morgan fingerprint density at radius 1 is 1.44 bits per heavy atom. The van der Waals surface area contributed by atoms with E-state index in [-0.39, 0.29) is 4.75 Å². The second kappa shape index (κ2) is 6.14. The lowest BCUT2D eigenvalue weighted by atomic mass is 9.84. The molecule has 1 aliphatic rings. The lowest BCUT2D eigenvalue weighted by Gasteiger charge is -2.41. The van der Waals surface area contributed by atoms with Gasteiger partial charge in [-0.05, 0) is 26.0 Å². The number of amides is 1. The minimum absolute atomic E-state index is 0.165. The normalized spacial score (nSPS) is 20.1. The molecule has 0 radical (unpaired) electrons. The molecular weight excluding hydrogens is 265 g/mol. The first-order chi connectivity index (χ1) is 8.28. The van der Waals surface area contributed by atoms with E-state index in [9.17, 15) is 18.0 Å². The molecule has 1 fully saturated rings. The molecule has 0 aromatic heterocycles. The van der Waals surface area contributed by atoms with E-state index in [1.54, 1.807) is 18.7 Å². The Hall–Kier alpha value is -0.430. The van der Waals surface area contributed by atoms with Crippen molar-refractivity contribution in [1.29, 1.82) is 0 Å². The zero-order valence-electron chi connectivity index (χ0n) is 10.6. The highest BCUT2D eigenvalue weighted by molar-refractivity contribution is 8.00. The van der Waals surface area contributed by atoms with E-state index in [1.165, 1.54) is 6.42 Å². The van der Waals surface area contributed by atoms with Crippen LogP contribution in [0, 0.1) is 0 Å². The molecule has 1 aliphatic carbocycles. The molecule has 0 saturated heterocycles. The minimum Gasteiger partial charge on any atom is -0.346 e. The molecule has 0 aromatic carbocycles. The smallest absolute Gasteiger partial charge is 0.346 e. The van der Waals surface area contributed by atoms with Crippen LogP contribution in [-0.2, 0) is 4.79 Å². The molecule has 0 heterocycles. The lowest BCUT2D eigenvalue weighted by Crippen LogP contribution is -2.51. The summed E-state index contributed by atoms with van der Waals surface area (Å²) >= 11 is 1.76. The van der Waals surface area contributed by atoms with Crippen molar-refractivity contribution in [1.82, 2.24) is 10.6 Å². The molecule has 1 rings (SSSR count). The van der Waals surface area contributed by atoms with Crippen LogP contribution in [0.3, 0.4) is 0 Å². The molecule has 1 unspecified atom stereocenters. The second-order valence-electron chi connectivity index (χ2n) is 4.68. The fourth-order valence-electron chi connectivity index (χ4n) is 1.80. The predicted octanol–water partition coefficient (Wildman–Crippen LogP) is 1.93. The highest BCUT2D eigenvalue weighted by Gasteiger charge is 2.36. The summed E-state index contributed by atoms with van der Waals surface area (Å²) in [7, 11) is 0. The molecular formula is C11H19F3N2OS. The average molecular weight is 284 g/mol. The van der Waals surface area contributed by atoms with Crippen LogP contribution in [0.25, 0.3) is 0 Å². The van der Waals surface area contributed by atoms with Gasteiger partial charge in [-0.2, -0.15) is 24.9 Å². The van der Waals surface area contributed by atoms with Crippen LogP contribution in [0.2, 0.25) is 0 Å². The van der Waals surface area contributed by atoms with Crippen molar-refractivity contribution in [3.63, 3.8) is 0 Å². The third-order valence-corrected chi connectivity index (χ3v) is 4.70. The number of rotatable bonds is 6. The predicted molar refractivity (Wildman–Crippen MR) is 66.6 cm³/mol. The third kappa shape index (κ3) is 4.68. The first kappa shape index (κ1) is 15.6. The van der Waals surface area contributed by atoms with Gasteiger partial charge in [0.15, 0.2) is 0 Å². The van der Waals surface area contributed by atoms with Crippen molar-refractivity contribution >= 4 is 17.7 Å². The molecule has 0 aromatic rings. The largest absolute Gasteiger partial charge is 0.405 e. The summed E-state index contributed by atoms with van der Waals surface area (Å²) in [5.41, 5.74) is 0. The van der Waals surface area contributed by atoms with E-state index in [1.807, 2.05) is 11.6 Å². The van der Waals surface area contributed by atoms with Crippen LogP contribution in [-0.4, -0.2) is 42.2 Å². The van der Waals surface area contributed by atoms with E-state index >= 15 is 0 Å². The Kier molecular flexibility index (Phi) is 5.33. The molecule has 3 nitrogen and oxygen atoms in total. The topological polar surface area (TPSA) is 41.1 Å². The van der Waals surface area contributed by atoms with Crippen molar-refractivity contribution in [2.75, 3.05) is 19.3 Å². The van der Waals surface area contributed by atoms with Crippen LogP contribution >= 0.6 is 11.8 Å². The molecule has 7 heteroatoms. The van der Waals surface area contributed by atoms with Gasteiger partial charge in [0.1, 0.15) is 6.54 Å². The number of alkyl halides is 3. The van der Waals surface area contributed by atoms with Crippen LogP contribution in [0.15, 0.2) is 0 Å². The van der Waals surface area contributed by atoms with Gasteiger partial charge in [-0.1, -0.05) is 6.42 Å². The molecule has 1 saturated carbocycles. The number of thioether (sulfide) groups is 1. The minimum atomic E-state index is -4.36. The number of nitrogens with one attached hydrogen (secondary N) is 2. The quantitative estimate of drug-likeness (QED) is 0.783. The van der Waals surface area contributed by atoms with Gasteiger partial charge in [0.25, 0.3) is 0 Å². The molecule has 18 heavy (non-hydrogen) atoms. The van der Waals surface area contributed by atoms with Crippen molar-refractivity contribution in [2.45, 2.75) is 43.2 Å². The van der Waals surface area contributed by atoms with Gasteiger partial charge in [-0.3, -0.25) is 4.79 Å². The van der Waals surface area contributed by atoms with Gasteiger partial charge in [0.05, 0.1) is 6.04 Å². The highest BCUT2D eigenvalue weighted by Crippen LogP contribution is 2.42. The van der Waals surface area contributed by atoms with Crippen molar-refractivity contribution in [3.8, 4) is 0 Å². The van der Waals surface area contributed by atoms with Crippen molar-refractivity contribution < 1.29 is 18.0 Å². The number of carbonyl (C=O) groups excluding carboxylic acids is 1. The van der Waals surface area contributed by atoms with Crippen LogP contribution in [0.1, 0.15) is 26.2 Å². The fourth-order valence-corrected chi connectivity index (χ4v) is 2.72. The van der Waals surface area contributed by atoms with Gasteiger partial charge in [-0.25, -0.2) is 0 Å². The zero-order valence-corrected chi connectivity index (χ0v) is 11.4. The van der Waals surface area contributed by atoms with Gasteiger partial charge < -0.3 is 10.6 Å². The third-order valence-electron chi connectivity index (χ3n) is 3.28. The maximum absolute atomic E-state index is 11.9. The van der Waals surface area contributed by atoms with Gasteiger partial charge in [0.2, 0.25) is 5.91 Å². The zero-order chi connectivity index (χ0) is 13.8. The molecule has 1 amide bonds. The summed E-state index contributed by atoms with van der Waals surface area (Å²) in [6.45, 7) is 0.971. The monoisotopic (exact) mass is 284 g/mol. The first-order valence-corrected chi connectivity index (χ1v) is 7.13. The Labute approximate surface area is 109 Å². The average Bonchev–Trinajstić information content (AvgIpc) is 2.23. The van der Waals surface area contributed by atoms with E-state index < -0.39 is 24.7 Å². The molecule has 0 aliphatic heterocycles. The Balaban J connectivity index is 2.27. The highest BCUT2D eigenvalue weighted by atomic mass is 32.2. The molecule has 0 spiro atoms. The summed E-state index contributed by atoms with van der Waals surface area (Å²) in [5.74, 6) is -0.608. The maximum atomic E-state index is 11.9. The molecule has 1 atom stereocenters. The number of hydrogen-bond acceptors (Lipinski definition) is 3. The fraction of sp³-hybridized carbons (Fsp3) is 0.909. The summed E-state index contributed by atoms with van der Waals surface area (Å²) in [6, 6.07) is -0.600. The molecule has 2 N–H and O–H groups in total. The lowest BCUT2D eigenvalue weighted by molar-refractivity contribution is -0.139. The van der Waals surface area contributed by atoms with Gasteiger partial charge >= 0.3 is 6.18 Å². The van der Waals surface area contributed by atoms with E-state index in [0.29, 0.717) is 6.54 Å². The molecule has 106 valence electrons. The maximum Gasteiger partial charge on any atom is 0.405 e. The van der Waals surface area contributed by atoms with Crippen LogP contribution in [0.5, 0.6) is 0 Å². The van der Waals surface area contributed by atoms with Gasteiger partial charge in [0, 0.05) is 11.3 Å². The number of carbonyl (C=O) groups is 1. The van der Waals surface area contributed by atoms with Crippen molar-refractivity contribution in [3.05, 3.63) is 0 Å². The van der Waals surface area contributed by atoms with E-state index in [4.69, 9.17) is 0 Å². The van der Waals surface area contributed by atoms with Gasteiger partial charge in [-0.15, -0.1) is 0 Å². The standard InChI is InChI=1S/C11H19F3N2OS/c1-8(9(17)16-7-11(12,13)14)15-6-10(18-2)4-3-5-10/h8,15H,3-7H2,1-2H3,(H,16,17). The molecule has 0 bridgehead atoms. The van der Waals surface area contributed by atoms with Crippen LogP contribution < -0.4 is 10.6 Å². The summed E-state index contributed by atoms with van der Waals surface area (Å²) in [6.07, 6.45) is 1.03. The Morgan fingerprint density at radius 2 is 2.06 bits per heavy atom. The number of hydrogen-bond donors (Lipinski definition) is 2. The van der Waals surface area contributed by atoms with E-state index in [2.05, 4.69) is 5.32 Å². The Morgan fingerprint density at radius 3 is 2.44 bits per heavy atom. The summed E-state index contributed by atoms with van der Waals surface area (Å²) < 4.78 is 36.0. The summed E-state index contributed by atoms with van der Waals surface area (Å²) in [4.78, 5) is 11.4. The SMILES string of the molecule is CSC1(CNC(C)C(=O)NCC(F)(F)F)CCC1. The number of halogens is 3. The van der Waals surface area contributed by atoms with E-state index in [0.717, 1.165) is 12.8 Å².